The number of carbonyl (C=O) groups is 1. The summed E-state index contributed by atoms with van der Waals surface area (Å²) in [5, 5.41) is 11.9. The molecule has 1 spiro atoms. The van der Waals surface area contributed by atoms with Crippen molar-refractivity contribution < 1.29 is 19.3 Å². The number of hydrogen-bond acceptors (Lipinski definition) is 4. The Labute approximate surface area is 122 Å². The van der Waals surface area contributed by atoms with E-state index >= 15 is 0 Å². The van der Waals surface area contributed by atoms with Gasteiger partial charge in [0.05, 0.1) is 31.9 Å². The van der Waals surface area contributed by atoms with Gasteiger partial charge in [-0.3, -0.25) is 4.79 Å². The number of hydrogen-bond donors (Lipinski definition) is 1. The third-order valence-electron chi connectivity index (χ3n) is 4.74. The molecule has 0 radical (unpaired) electrons. The minimum atomic E-state index is -0.576. The van der Waals surface area contributed by atoms with E-state index < -0.39 is 5.79 Å². The molecule has 1 aromatic rings. The summed E-state index contributed by atoms with van der Waals surface area (Å²) < 4.78 is 11.6. The van der Waals surface area contributed by atoms with Crippen molar-refractivity contribution in [2.75, 3.05) is 26.8 Å². The van der Waals surface area contributed by atoms with Crippen molar-refractivity contribution >= 4 is 11.6 Å². The standard InChI is InChI=1S/C15H18N2O4/c1-16(19)11-4-2-3-10-13(11)12-9-15(20-7-8-21-15)5-6-17(12)14(10)18/h2-4,12,16H,5-9H2,1H3. The molecule has 0 saturated carbocycles. The molecule has 1 amide bonds. The third kappa shape index (κ3) is 1.83. The maximum Gasteiger partial charge on any atom is 0.254 e. The number of fused-ring (bicyclic) bond motifs is 3. The molecule has 2 atom stereocenters. The Balaban J connectivity index is 1.78. The Bertz CT molecular complexity index is 595. The van der Waals surface area contributed by atoms with Crippen molar-refractivity contribution in [2.45, 2.75) is 24.7 Å². The topological polar surface area (TPSA) is 66.3 Å². The molecular formula is C15H18N2O4. The molecule has 6 heteroatoms. The van der Waals surface area contributed by atoms with Crippen molar-refractivity contribution in [3.05, 3.63) is 34.5 Å². The third-order valence-corrected chi connectivity index (χ3v) is 4.74. The fourth-order valence-electron chi connectivity index (χ4n) is 3.79. The van der Waals surface area contributed by atoms with Crippen LogP contribution < -0.4 is 5.06 Å². The Hall–Kier alpha value is -1.47. The van der Waals surface area contributed by atoms with Gasteiger partial charge >= 0.3 is 0 Å². The second kappa shape index (κ2) is 4.51. The van der Waals surface area contributed by atoms with Gasteiger partial charge in [-0.1, -0.05) is 6.07 Å². The van der Waals surface area contributed by atoms with Crippen LogP contribution in [0.2, 0.25) is 0 Å². The van der Waals surface area contributed by atoms with E-state index in [-0.39, 0.29) is 17.0 Å². The molecule has 1 aromatic carbocycles. The Morgan fingerprint density at radius 3 is 2.86 bits per heavy atom. The summed E-state index contributed by atoms with van der Waals surface area (Å²) in [4.78, 5) is 14.4. The molecule has 0 aromatic heterocycles. The Morgan fingerprint density at radius 2 is 2.14 bits per heavy atom. The number of nitrogens with one attached hydrogen (secondary N) is 1. The van der Waals surface area contributed by atoms with Crippen molar-refractivity contribution in [1.29, 1.82) is 0 Å². The van der Waals surface area contributed by atoms with Gasteiger partial charge in [-0.15, -0.1) is 0 Å². The van der Waals surface area contributed by atoms with Crippen LogP contribution in [0.1, 0.15) is 34.8 Å². The first-order valence-electron chi connectivity index (χ1n) is 7.34. The second-order valence-corrected chi connectivity index (χ2v) is 5.90. The summed E-state index contributed by atoms with van der Waals surface area (Å²) in [6, 6.07) is 5.28. The van der Waals surface area contributed by atoms with Crippen molar-refractivity contribution in [2.24, 2.45) is 0 Å². The van der Waals surface area contributed by atoms with E-state index in [1.165, 1.54) is 0 Å². The zero-order valence-electron chi connectivity index (χ0n) is 11.9. The summed E-state index contributed by atoms with van der Waals surface area (Å²) in [6.45, 7) is 1.80. The molecule has 6 nitrogen and oxygen atoms in total. The summed E-state index contributed by atoms with van der Waals surface area (Å²) in [5.41, 5.74) is 2.15. The molecule has 2 unspecified atom stereocenters. The highest BCUT2D eigenvalue weighted by molar-refractivity contribution is 6.00. The van der Waals surface area contributed by atoms with Gasteiger partial charge in [0.1, 0.15) is 5.69 Å². The van der Waals surface area contributed by atoms with Gasteiger partial charge in [-0.25, -0.2) is 0 Å². The maximum atomic E-state index is 12.5. The lowest BCUT2D eigenvalue weighted by Crippen LogP contribution is -2.98. The fraction of sp³-hybridized carbons (Fsp3) is 0.533. The monoisotopic (exact) mass is 290 g/mol. The predicted octanol–water partition coefficient (Wildman–Crippen LogP) is 0.364. The summed E-state index contributed by atoms with van der Waals surface area (Å²) >= 11 is 0. The molecule has 112 valence electrons. The molecule has 3 aliphatic rings. The lowest BCUT2D eigenvalue weighted by Gasteiger charge is -2.40. The number of ether oxygens (including phenoxy) is 2. The van der Waals surface area contributed by atoms with Crippen LogP contribution >= 0.6 is 0 Å². The number of hydroxylamine groups is 1. The SMILES string of the molecule is C[NH+]([O-])c1cccc2c1C1CC3(CCN1C2=O)OCCO3. The minimum absolute atomic E-state index is 0.00520. The van der Waals surface area contributed by atoms with Crippen LogP contribution in [0.15, 0.2) is 18.2 Å². The van der Waals surface area contributed by atoms with Crippen LogP contribution in [0, 0.1) is 5.21 Å². The van der Waals surface area contributed by atoms with E-state index in [2.05, 4.69) is 0 Å². The minimum Gasteiger partial charge on any atom is -0.629 e. The first kappa shape index (κ1) is 13.2. The Morgan fingerprint density at radius 1 is 1.38 bits per heavy atom. The highest BCUT2D eigenvalue weighted by atomic mass is 16.7. The molecule has 2 fully saturated rings. The average molecular weight is 290 g/mol. The predicted molar refractivity (Wildman–Crippen MR) is 74.0 cm³/mol. The van der Waals surface area contributed by atoms with E-state index in [4.69, 9.17) is 9.47 Å². The quantitative estimate of drug-likeness (QED) is 0.759. The summed E-state index contributed by atoms with van der Waals surface area (Å²) in [6.07, 6.45) is 1.30. The van der Waals surface area contributed by atoms with Gasteiger partial charge in [0.2, 0.25) is 0 Å². The molecule has 3 heterocycles. The molecule has 3 aliphatic heterocycles. The number of carbonyl (C=O) groups excluding carboxylic acids is 1. The summed E-state index contributed by atoms with van der Waals surface area (Å²) in [5.74, 6) is -0.557. The molecule has 4 rings (SSSR count). The van der Waals surface area contributed by atoms with E-state index in [1.807, 2.05) is 11.0 Å². The van der Waals surface area contributed by atoms with Gasteiger partial charge in [0.25, 0.3) is 5.91 Å². The van der Waals surface area contributed by atoms with Gasteiger partial charge in [-0.2, -0.15) is 0 Å². The van der Waals surface area contributed by atoms with Crippen LogP contribution in [-0.4, -0.2) is 43.4 Å². The largest absolute Gasteiger partial charge is 0.629 e. The number of rotatable bonds is 1. The number of quaternary nitrogens is 1. The van der Waals surface area contributed by atoms with E-state index in [9.17, 15) is 10.0 Å². The summed E-state index contributed by atoms with van der Waals surface area (Å²) in [7, 11) is 1.55. The van der Waals surface area contributed by atoms with Crippen LogP contribution in [0.3, 0.4) is 0 Å². The van der Waals surface area contributed by atoms with Gasteiger partial charge in [0, 0.05) is 24.9 Å². The molecule has 2 saturated heterocycles. The van der Waals surface area contributed by atoms with Crippen molar-refractivity contribution in [1.82, 2.24) is 4.90 Å². The fourth-order valence-corrected chi connectivity index (χ4v) is 3.79. The van der Waals surface area contributed by atoms with E-state index in [0.717, 1.165) is 5.56 Å². The highest BCUT2D eigenvalue weighted by Crippen LogP contribution is 2.47. The first-order valence-corrected chi connectivity index (χ1v) is 7.34. The average Bonchev–Trinajstić information content (AvgIpc) is 3.04. The van der Waals surface area contributed by atoms with Crippen LogP contribution in [0.4, 0.5) is 5.69 Å². The van der Waals surface area contributed by atoms with Crippen LogP contribution in [-0.2, 0) is 9.47 Å². The van der Waals surface area contributed by atoms with Crippen LogP contribution in [0.25, 0.3) is 0 Å². The zero-order valence-corrected chi connectivity index (χ0v) is 11.9. The number of nitrogens with zero attached hydrogens (tertiary/aromatic N) is 1. The van der Waals surface area contributed by atoms with E-state index in [1.54, 1.807) is 19.2 Å². The molecule has 0 aliphatic carbocycles. The lowest BCUT2D eigenvalue weighted by atomic mass is 9.91. The van der Waals surface area contributed by atoms with Gasteiger partial charge in [0.15, 0.2) is 5.79 Å². The van der Waals surface area contributed by atoms with Gasteiger partial charge < -0.3 is 24.6 Å². The maximum absolute atomic E-state index is 12.5. The number of amides is 1. The smallest absolute Gasteiger partial charge is 0.254 e. The zero-order chi connectivity index (χ0) is 14.6. The lowest BCUT2D eigenvalue weighted by molar-refractivity contribution is -0.752. The molecule has 0 bridgehead atoms. The van der Waals surface area contributed by atoms with Crippen LogP contribution in [0.5, 0.6) is 0 Å². The molecular weight excluding hydrogens is 272 g/mol. The van der Waals surface area contributed by atoms with Crippen molar-refractivity contribution in [3.8, 4) is 0 Å². The molecule has 21 heavy (non-hydrogen) atoms. The van der Waals surface area contributed by atoms with Gasteiger partial charge in [-0.05, 0) is 12.1 Å². The molecule has 1 N–H and O–H groups in total. The van der Waals surface area contributed by atoms with Crippen molar-refractivity contribution in [3.63, 3.8) is 0 Å². The number of piperidine rings is 1. The first-order chi connectivity index (χ1) is 10.1. The highest BCUT2D eigenvalue weighted by Gasteiger charge is 2.51. The second-order valence-electron chi connectivity index (χ2n) is 5.90. The normalized spacial score (nSPS) is 27.8. The Kier molecular flexibility index (Phi) is 2.84. The van der Waals surface area contributed by atoms with E-state index in [0.29, 0.717) is 43.9 Å². The number of benzene rings is 1.